The van der Waals surface area contributed by atoms with E-state index in [-0.39, 0.29) is 0 Å². The Balaban J connectivity index is 1.78. The Labute approximate surface area is 120 Å². The van der Waals surface area contributed by atoms with Gasteiger partial charge in [0.1, 0.15) is 0 Å². The maximum absolute atomic E-state index is 4.88. The third-order valence-electron chi connectivity index (χ3n) is 4.88. The summed E-state index contributed by atoms with van der Waals surface area (Å²) in [4.78, 5) is 7.49. The van der Waals surface area contributed by atoms with Gasteiger partial charge in [-0.15, -0.1) is 11.3 Å². The van der Waals surface area contributed by atoms with Crippen LogP contribution in [0.1, 0.15) is 57.2 Å². The second-order valence-corrected chi connectivity index (χ2v) is 6.85. The van der Waals surface area contributed by atoms with E-state index in [0.717, 1.165) is 12.0 Å². The lowest BCUT2D eigenvalue weighted by atomic mass is 9.78. The first kappa shape index (κ1) is 13.4. The predicted octanol–water partition coefficient (Wildman–Crippen LogP) is 3.58. The van der Waals surface area contributed by atoms with E-state index >= 15 is 0 Å². The molecule has 2 aliphatic rings. The minimum Gasteiger partial charge on any atom is -0.345 e. The van der Waals surface area contributed by atoms with Gasteiger partial charge in [-0.05, 0) is 45.6 Å². The molecule has 1 aromatic heterocycles. The molecule has 106 valence electrons. The maximum Gasteiger partial charge on any atom is 0.185 e. The highest BCUT2D eigenvalue weighted by atomic mass is 32.1. The van der Waals surface area contributed by atoms with Gasteiger partial charge < -0.3 is 10.2 Å². The van der Waals surface area contributed by atoms with E-state index in [4.69, 9.17) is 4.98 Å². The van der Waals surface area contributed by atoms with E-state index in [1.807, 2.05) is 18.4 Å². The summed E-state index contributed by atoms with van der Waals surface area (Å²) in [6, 6.07) is 1.13. The highest BCUT2D eigenvalue weighted by Crippen LogP contribution is 2.38. The minimum absolute atomic E-state index is 0.358. The molecule has 0 spiro atoms. The molecule has 19 heavy (non-hydrogen) atoms. The number of aromatic nitrogens is 1. The van der Waals surface area contributed by atoms with Crippen molar-refractivity contribution < 1.29 is 0 Å². The van der Waals surface area contributed by atoms with Crippen LogP contribution in [0.3, 0.4) is 0 Å². The Morgan fingerprint density at radius 3 is 2.95 bits per heavy atom. The third kappa shape index (κ3) is 2.65. The van der Waals surface area contributed by atoms with E-state index in [2.05, 4.69) is 22.5 Å². The SMILES string of the molecule is CNC(C)c1csc(N2CCC[C@H]3CCCC[C@H]32)n1. The van der Waals surface area contributed by atoms with Crippen molar-refractivity contribution in [3.05, 3.63) is 11.1 Å². The fourth-order valence-corrected chi connectivity index (χ4v) is 4.62. The minimum atomic E-state index is 0.358. The van der Waals surface area contributed by atoms with Crippen molar-refractivity contribution >= 4 is 16.5 Å². The zero-order valence-electron chi connectivity index (χ0n) is 12.1. The number of hydrogen-bond donors (Lipinski definition) is 1. The quantitative estimate of drug-likeness (QED) is 0.916. The van der Waals surface area contributed by atoms with Crippen molar-refractivity contribution in [2.24, 2.45) is 5.92 Å². The van der Waals surface area contributed by atoms with Gasteiger partial charge in [0.2, 0.25) is 0 Å². The van der Waals surface area contributed by atoms with E-state index < -0.39 is 0 Å². The van der Waals surface area contributed by atoms with Crippen LogP contribution in [0.2, 0.25) is 0 Å². The summed E-state index contributed by atoms with van der Waals surface area (Å²) in [6.45, 7) is 3.39. The fraction of sp³-hybridized carbons (Fsp3) is 0.800. The number of piperidine rings is 1. The molecule has 0 aromatic carbocycles. The van der Waals surface area contributed by atoms with Crippen LogP contribution in [0, 0.1) is 5.92 Å². The second kappa shape index (κ2) is 5.80. The average molecular weight is 279 g/mol. The zero-order chi connectivity index (χ0) is 13.2. The molecule has 1 aromatic rings. The molecular formula is C15H25N3S. The van der Waals surface area contributed by atoms with Crippen LogP contribution in [0.5, 0.6) is 0 Å². The second-order valence-electron chi connectivity index (χ2n) is 6.01. The molecular weight excluding hydrogens is 254 g/mol. The van der Waals surface area contributed by atoms with Crippen molar-refractivity contribution in [2.75, 3.05) is 18.5 Å². The molecule has 3 atom stereocenters. The Bertz CT molecular complexity index is 415. The predicted molar refractivity (Wildman–Crippen MR) is 81.9 cm³/mol. The molecule has 1 saturated heterocycles. The van der Waals surface area contributed by atoms with Crippen molar-refractivity contribution in [2.45, 2.75) is 57.5 Å². The topological polar surface area (TPSA) is 28.2 Å². The summed E-state index contributed by atoms with van der Waals surface area (Å²) in [5, 5.41) is 6.76. The molecule has 0 radical (unpaired) electrons. The lowest BCUT2D eigenvalue weighted by Crippen LogP contribution is -2.46. The molecule has 4 heteroatoms. The van der Waals surface area contributed by atoms with E-state index in [1.165, 1.54) is 55.9 Å². The van der Waals surface area contributed by atoms with Gasteiger partial charge in [0.15, 0.2) is 5.13 Å². The lowest BCUT2D eigenvalue weighted by molar-refractivity contribution is 0.243. The molecule has 3 rings (SSSR count). The smallest absolute Gasteiger partial charge is 0.185 e. The number of nitrogens with zero attached hydrogens (tertiary/aromatic N) is 2. The third-order valence-corrected chi connectivity index (χ3v) is 5.77. The molecule has 2 heterocycles. The highest BCUT2D eigenvalue weighted by Gasteiger charge is 2.34. The average Bonchev–Trinajstić information content (AvgIpc) is 2.95. The van der Waals surface area contributed by atoms with Gasteiger partial charge in [0.05, 0.1) is 5.69 Å². The summed E-state index contributed by atoms with van der Waals surface area (Å²) in [6.07, 6.45) is 8.44. The summed E-state index contributed by atoms with van der Waals surface area (Å²) < 4.78 is 0. The van der Waals surface area contributed by atoms with Crippen LogP contribution in [0.25, 0.3) is 0 Å². The largest absolute Gasteiger partial charge is 0.345 e. The van der Waals surface area contributed by atoms with Gasteiger partial charge in [0.25, 0.3) is 0 Å². The Hall–Kier alpha value is -0.610. The number of thiazole rings is 1. The van der Waals surface area contributed by atoms with Crippen LogP contribution >= 0.6 is 11.3 Å². The Morgan fingerprint density at radius 1 is 1.32 bits per heavy atom. The molecule has 1 unspecified atom stereocenters. The van der Waals surface area contributed by atoms with Crippen LogP contribution < -0.4 is 10.2 Å². The Morgan fingerprint density at radius 2 is 2.11 bits per heavy atom. The van der Waals surface area contributed by atoms with E-state index in [1.54, 1.807) is 0 Å². The van der Waals surface area contributed by atoms with Gasteiger partial charge in [-0.3, -0.25) is 0 Å². The molecule has 1 saturated carbocycles. The summed E-state index contributed by atoms with van der Waals surface area (Å²) in [7, 11) is 2.00. The van der Waals surface area contributed by atoms with E-state index in [0.29, 0.717) is 6.04 Å². The standard InChI is InChI=1S/C15H25N3S/c1-11(16-2)13-10-19-15(17-13)18-9-5-7-12-6-3-4-8-14(12)18/h10-12,14,16H,3-9H2,1-2H3/t11?,12-,14-/m1/s1. The van der Waals surface area contributed by atoms with Gasteiger partial charge in [-0.2, -0.15) is 0 Å². The first-order valence-electron chi connectivity index (χ1n) is 7.69. The molecule has 1 aliphatic heterocycles. The van der Waals surface area contributed by atoms with Crippen molar-refractivity contribution in [3.63, 3.8) is 0 Å². The monoisotopic (exact) mass is 279 g/mol. The van der Waals surface area contributed by atoms with Gasteiger partial charge in [-0.25, -0.2) is 4.98 Å². The summed E-state index contributed by atoms with van der Waals surface area (Å²) in [5.74, 6) is 0.927. The highest BCUT2D eigenvalue weighted by molar-refractivity contribution is 7.13. The Kier molecular flexibility index (Phi) is 4.08. The van der Waals surface area contributed by atoms with Crippen LogP contribution in [0.4, 0.5) is 5.13 Å². The van der Waals surface area contributed by atoms with Gasteiger partial charge >= 0.3 is 0 Å². The van der Waals surface area contributed by atoms with Crippen molar-refractivity contribution in [1.82, 2.24) is 10.3 Å². The zero-order valence-corrected chi connectivity index (χ0v) is 12.9. The molecule has 1 aliphatic carbocycles. The number of anilines is 1. The van der Waals surface area contributed by atoms with Gasteiger partial charge in [-0.1, -0.05) is 12.8 Å². The van der Waals surface area contributed by atoms with Crippen LogP contribution in [0.15, 0.2) is 5.38 Å². The number of hydrogen-bond acceptors (Lipinski definition) is 4. The van der Waals surface area contributed by atoms with Crippen molar-refractivity contribution in [3.8, 4) is 0 Å². The first-order valence-corrected chi connectivity index (χ1v) is 8.57. The molecule has 1 N–H and O–H groups in total. The molecule has 2 fully saturated rings. The number of nitrogens with one attached hydrogen (secondary N) is 1. The first-order chi connectivity index (χ1) is 9.29. The maximum atomic E-state index is 4.88. The van der Waals surface area contributed by atoms with Crippen LogP contribution in [-0.4, -0.2) is 24.6 Å². The summed E-state index contributed by atoms with van der Waals surface area (Å²) in [5.41, 5.74) is 1.19. The van der Waals surface area contributed by atoms with Crippen molar-refractivity contribution in [1.29, 1.82) is 0 Å². The molecule has 3 nitrogen and oxygen atoms in total. The van der Waals surface area contributed by atoms with Crippen LogP contribution in [-0.2, 0) is 0 Å². The summed E-state index contributed by atoms with van der Waals surface area (Å²) >= 11 is 1.83. The fourth-order valence-electron chi connectivity index (χ4n) is 3.62. The molecule has 0 bridgehead atoms. The lowest BCUT2D eigenvalue weighted by Gasteiger charge is -2.44. The number of rotatable bonds is 3. The molecule has 0 amide bonds. The van der Waals surface area contributed by atoms with Gasteiger partial charge in [0, 0.05) is 24.0 Å². The normalized spacial score (nSPS) is 29.1. The number of fused-ring (bicyclic) bond motifs is 1. The van der Waals surface area contributed by atoms with E-state index in [9.17, 15) is 0 Å².